The molecule has 0 spiro atoms. The number of nitrogens with zero attached hydrogens (tertiary/aromatic N) is 4. The third kappa shape index (κ3) is 9.91. The smallest absolute Gasteiger partial charge is 0.265 e. The summed E-state index contributed by atoms with van der Waals surface area (Å²) in [7, 11) is -4.78. The number of benzene rings is 1. The van der Waals surface area contributed by atoms with Gasteiger partial charge < -0.3 is 10.0 Å². The van der Waals surface area contributed by atoms with Crippen molar-refractivity contribution in [3.05, 3.63) is 42.6 Å². The number of anilines is 1. The van der Waals surface area contributed by atoms with Gasteiger partial charge in [-0.1, -0.05) is 6.07 Å². The summed E-state index contributed by atoms with van der Waals surface area (Å²) in [6.45, 7) is 0. The molecule has 0 saturated carbocycles. The fourth-order valence-electron chi connectivity index (χ4n) is 1.60. The van der Waals surface area contributed by atoms with Crippen LogP contribution in [0.4, 0.5) is 17.2 Å². The Hall–Kier alpha value is -2.61. The van der Waals surface area contributed by atoms with Crippen molar-refractivity contribution in [2.24, 2.45) is 10.2 Å². The molecule has 0 aliphatic rings. The molecule has 0 bridgehead atoms. The quantitative estimate of drug-likeness (QED) is 0.456. The predicted molar refractivity (Wildman–Crippen MR) is 104 cm³/mol. The molecule has 0 fully saturated rings. The van der Waals surface area contributed by atoms with Crippen molar-refractivity contribution in [1.29, 1.82) is 0 Å². The number of aromatic hydroxyl groups is 1. The van der Waals surface area contributed by atoms with E-state index in [1.165, 1.54) is 0 Å². The van der Waals surface area contributed by atoms with Crippen LogP contribution in [0.15, 0.2) is 52.8 Å². The summed E-state index contributed by atoms with van der Waals surface area (Å²) in [5.41, 5.74) is 1.33. The summed E-state index contributed by atoms with van der Waals surface area (Å²) in [5, 5.41) is 17.7. The third-order valence-electron chi connectivity index (χ3n) is 2.98. The van der Waals surface area contributed by atoms with E-state index in [1.54, 1.807) is 24.4 Å². The monoisotopic (exact) mass is 432 g/mol. The van der Waals surface area contributed by atoms with Gasteiger partial charge in [0.25, 0.3) is 20.2 Å². The van der Waals surface area contributed by atoms with E-state index in [1.807, 2.05) is 37.2 Å². The molecule has 13 heteroatoms. The minimum atomic E-state index is -4.30. The van der Waals surface area contributed by atoms with Gasteiger partial charge in [0.1, 0.15) is 11.4 Å². The molecular weight excluding hydrogens is 412 g/mol. The van der Waals surface area contributed by atoms with Crippen LogP contribution in [0.25, 0.3) is 0 Å². The standard InChI is InChI=1S/C13H14N4O.C2H6O6S2/c1-17(2)10-6-7-11(12(18)9-10)15-16-13-5-3-4-8-14-13;3-9(4,5)1-2-10(6,7)8/h3-9,18H,1-2H3;1-2H2,(H,3,4,5)(H,6,7,8). The number of rotatable bonds is 6. The summed E-state index contributed by atoms with van der Waals surface area (Å²) in [6, 6.07) is 10.6. The maximum absolute atomic E-state index is 9.86. The van der Waals surface area contributed by atoms with Gasteiger partial charge in [-0.15, -0.1) is 10.2 Å². The van der Waals surface area contributed by atoms with Crippen molar-refractivity contribution >= 4 is 37.4 Å². The first-order valence-corrected chi connectivity index (χ1v) is 10.8. The fraction of sp³-hybridized carbons (Fsp3) is 0.267. The van der Waals surface area contributed by atoms with Crippen LogP contribution in [0.1, 0.15) is 0 Å². The van der Waals surface area contributed by atoms with Crippen LogP contribution in [-0.2, 0) is 20.2 Å². The lowest BCUT2D eigenvalue weighted by atomic mass is 10.2. The number of hydrogen-bond acceptors (Lipinski definition) is 9. The molecule has 2 rings (SSSR count). The summed E-state index contributed by atoms with van der Waals surface area (Å²) in [4.78, 5) is 5.92. The van der Waals surface area contributed by atoms with Crippen LogP contribution in [0.2, 0.25) is 0 Å². The van der Waals surface area contributed by atoms with Gasteiger partial charge in [-0.2, -0.15) is 16.8 Å². The van der Waals surface area contributed by atoms with Crippen molar-refractivity contribution in [3.63, 3.8) is 0 Å². The maximum Gasteiger partial charge on any atom is 0.265 e. The van der Waals surface area contributed by atoms with Crippen LogP contribution < -0.4 is 4.90 Å². The van der Waals surface area contributed by atoms with Gasteiger partial charge in [-0.05, 0) is 24.3 Å². The lowest BCUT2D eigenvalue weighted by Crippen LogP contribution is -2.15. The molecule has 0 atom stereocenters. The zero-order valence-corrected chi connectivity index (χ0v) is 16.7. The molecule has 0 saturated heterocycles. The first-order chi connectivity index (χ1) is 12.9. The van der Waals surface area contributed by atoms with Gasteiger partial charge >= 0.3 is 0 Å². The zero-order chi connectivity index (χ0) is 21.4. The molecule has 1 aromatic carbocycles. The van der Waals surface area contributed by atoms with Crippen molar-refractivity contribution < 1.29 is 31.0 Å². The van der Waals surface area contributed by atoms with Crippen LogP contribution in [-0.4, -0.2) is 61.6 Å². The molecule has 2 aromatic rings. The second-order valence-corrected chi connectivity index (χ2v) is 8.67. The Labute approximate surface area is 162 Å². The largest absolute Gasteiger partial charge is 0.506 e. The molecule has 0 amide bonds. The van der Waals surface area contributed by atoms with Gasteiger partial charge in [-0.25, -0.2) is 4.98 Å². The van der Waals surface area contributed by atoms with Crippen molar-refractivity contribution in [2.45, 2.75) is 0 Å². The third-order valence-corrected chi connectivity index (χ3v) is 4.68. The molecule has 0 aliphatic heterocycles. The summed E-state index contributed by atoms with van der Waals surface area (Å²) in [5.74, 6) is -1.35. The highest BCUT2D eigenvalue weighted by atomic mass is 32.2. The van der Waals surface area contributed by atoms with E-state index in [9.17, 15) is 21.9 Å². The molecule has 0 unspecified atom stereocenters. The van der Waals surface area contributed by atoms with E-state index in [0.717, 1.165) is 5.69 Å². The average Bonchev–Trinajstić information content (AvgIpc) is 2.59. The Morgan fingerprint density at radius 2 is 1.57 bits per heavy atom. The SMILES string of the molecule is CN(C)c1ccc(N=Nc2ccccn2)c(O)c1.O=S(=O)(O)CCS(=O)(=O)O. The van der Waals surface area contributed by atoms with E-state index in [4.69, 9.17) is 9.11 Å². The highest BCUT2D eigenvalue weighted by Gasteiger charge is 2.11. The molecule has 28 heavy (non-hydrogen) atoms. The van der Waals surface area contributed by atoms with Crippen LogP contribution in [0.5, 0.6) is 5.75 Å². The molecular formula is C15H20N4O7S2. The number of hydrogen-bond donors (Lipinski definition) is 3. The Balaban J connectivity index is 0.000000336. The first-order valence-electron chi connectivity index (χ1n) is 7.61. The lowest BCUT2D eigenvalue weighted by Gasteiger charge is -2.12. The van der Waals surface area contributed by atoms with Crippen molar-refractivity contribution in [2.75, 3.05) is 30.5 Å². The number of pyridine rings is 1. The van der Waals surface area contributed by atoms with Crippen LogP contribution >= 0.6 is 0 Å². The Morgan fingerprint density at radius 3 is 2.00 bits per heavy atom. The summed E-state index contributed by atoms with van der Waals surface area (Å²) in [6.07, 6.45) is 1.64. The first kappa shape index (κ1) is 23.4. The van der Waals surface area contributed by atoms with E-state index in [2.05, 4.69) is 15.2 Å². The normalized spacial score (nSPS) is 11.7. The molecule has 154 valence electrons. The molecule has 0 radical (unpaired) electrons. The van der Waals surface area contributed by atoms with Crippen molar-refractivity contribution in [3.8, 4) is 5.75 Å². The predicted octanol–water partition coefficient (Wildman–Crippen LogP) is 2.03. The molecule has 11 nitrogen and oxygen atoms in total. The number of aromatic nitrogens is 1. The highest BCUT2D eigenvalue weighted by molar-refractivity contribution is 7.89. The summed E-state index contributed by atoms with van der Waals surface area (Å²) >= 11 is 0. The Kier molecular flexibility index (Phi) is 8.43. The minimum absolute atomic E-state index is 0.0980. The fourth-order valence-corrected chi connectivity index (χ4v) is 3.29. The zero-order valence-electron chi connectivity index (χ0n) is 15.0. The van der Waals surface area contributed by atoms with Crippen LogP contribution in [0.3, 0.4) is 0 Å². The number of phenolic OH excluding ortho intramolecular Hbond substituents is 1. The van der Waals surface area contributed by atoms with Crippen molar-refractivity contribution in [1.82, 2.24) is 4.98 Å². The lowest BCUT2D eigenvalue weighted by molar-refractivity contribution is 0.472. The number of azo groups is 1. The Morgan fingerprint density at radius 1 is 0.964 bits per heavy atom. The van der Waals surface area contributed by atoms with E-state index >= 15 is 0 Å². The molecule has 3 N–H and O–H groups in total. The minimum Gasteiger partial charge on any atom is -0.506 e. The van der Waals surface area contributed by atoms with Gasteiger partial charge in [0.15, 0.2) is 5.82 Å². The van der Waals surface area contributed by atoms with Gasteiger partial charge in [-0.3, -0.25) is 9.11 Å². The van der Waals surface area contributed by atoms with E-state index in [-0.39, 0.29) is 5.75 Å². The van der Waals surface area contributed by atoms with Gasteiger partial charge in [0, 0.05) is 32.0 Å². The van der Waals surface area contributed by atoms with E-state index < -0.39 is 31.7 Å². The second kappa shape index (κ2) is 10.1. The Bertz CT molecular complexity index is 976. The summed E-state index contributed by atoms with van der Waals surface area (Å²) < 4.78 is 55.4. The highest BCUT2D eigenvalue weighted by Crippen LogP contribution is 2.31. The molecule has 1 aromatic heterocycles. The molecule has 1 heterocycles. The maximum atomic E-state index is 9.86. The van der Waals surface area contributed by atoms with Gasteiger partial charge in [0.05, 0.1) is 11.5 Å². The number of phenols is 1. The second-order valence-electron chi connectivity index (χ2n) is 5.53. The average molecular weight is 432 g/mol. The van der Waals surface area contributed by atoms with E-state index in [0.29, 0.717) is 11.5 Å². The van der Waals surface area contributed by atoms with Gasteiger partial charge in [0.2, 0.25) is 0 Å². The molecule has 0 aliphatic carbocycles. The van der Waals surface area contributed by atoms with Crippen LogP contribution in [0, 0.1) is 0 Å². The topological polar surface area (TPSA) is 170 Å².